The Bertz CT molecular complexity index is 562. The lowest BCUT2D eigenvalue weighted by Gasteiger charge is -2.36. The van der Waals surface area contributed by atoms with Crippen molar-refractivity contribution in [2.75, 3.05) is 52.4 Å². The van der Waals surface area contributed by atoms with Gasteiger partial charge in [0.2, 0.25) is 5.91 Å². The molecule has 1 aliphatic rings. The fraction of sp³-hybridized carbons (Fsp3) is 0.684. The number of amides is 1. The summed E-state index contributed by atoms with van der Waals surface area (Å²) in [6, 6.07) is 2.52. The molecule has 1 saturated heterocycles. The summed E-state index contributed by atoms with van der Waals surface area (Å²) in [6.07, 6.45) is 0. The van der Waals surface area contributed by atoms with Gasteiger partial charge in [0.15, 0.2) is 5.96 Å². The van der Waals surface area contributed by atoms with E-state index in [4.69, 9.17) is 4.99 Å². The number of carbonyl (C=O) groups is 1. The van der Waals surface area contributed by atoms with Crippen LogP contribution in [0.5, 0.6) is 0 Å². The Kier molecular flexibility index (Phi) is 8.38. The molecular formula is C19H33N5OS. The Labute approximate surface area is 161 Å². The van der Waals surface area contributed by atoms with Crippen LogP contribution in [0, 0.1) is 0 Å². The van der Waals surface area contributed by atoms with Crippen molar-refractivity contribution >= 4 is 23.2 Å². The molecular weight excluding hydrogens is 346 g/mol. The molecule has 1 amide bonds. The van der Waals surface area contributed by atoms with E-state index < -0.39 is 0 Å². The van der Waals surface area contributed by atoms with E-state index in [9.17, 15) is 4.79 Å². The second-order valence-electron chi connectivity index (χ2n) is 6.48. The molecule has 0 aliphatic carbocycles. The zero-order valence-corrected chi connectivity index (χ0v) is 17.4. The normalized spacial score (nSPS) is 16.9. The molecule has 0 spiro atoms. The average molecular weight is 380 g/mol. The molecule has 2 rings (SSSR count). The van der Waals surface area contributed by atoms with E-state index in [2.05, 4.69) is 52.7 Å². The third kappa shape index (κ3) is 5.45. The van der Waals surface area contributed by atoms with Gasteiger partial charge in [-0.3, -0.25) is 14.7 Å². The lowest BCUT2D eigenvalue weighted by Crippen LogP contribution is -2.53. The molecule has 1 fully saturated rings. The third-order valence-corrected chi connectivity index (χ3v) is 5.66. The van der Waals surface area contributed by atoms with Crippen LogP contribution in [0.2, 0.25) is 0 Å². The van der Waals surface area contributed by atoms with E-state index in [1.165, 1.54) is 5.56 Å². The number of nitrogens with one attached hydrogen (secondary N) is 1. The molecule has 1 aliphatic heterocycles. The van der Waals surface area contributed by atoms with Gasteiger partial charge >= 0.3 is 0 Å². The molecule has 0 saturated carbocycles. The summed E-state index contributed by atoms with van der Waals surface area (Å²) in [5, 5.41) is 7.80. The van der Waals surface area contributed by atoms with Crippen molar-refractivity contribution in [1.82, 2.24) is 20.0 Å². The summed E-state index contributed by atoms with van der Waals surface area (Å²) in [7, 11) is 0. The standard InChI is InChI=1S/C19H33N5OS/c1-5-20-19(24-11-9-23(10-12-24)16(4)25)21-14-18(22(6-2)7-3)17-8-13-26-15-17/h8,13,15,18H,5-7,9-12,14H2,1-4H3,(H,20,21). The van der Waals surface area contributed by atoms with Crippen LogP contribution in [0.1, 0.15) is 39.3 Å². The first-order valence-electron chi connectivity index (χ1n) is 9.65. The van der Waals surface area contributed by atoms with Crippen LogP contribution in [0.15, 0.2) is 21.8 Å². The molecule has 1 aromatic heterocycles. The summed E-state index contributed by atoms with van der Waals surface area (Å²) in [6.45, 7) is 15.0. The Balaban J connectivity index is 2.09. The lowest BCUT2D eigenvalue weighted by atomic mass is 10.1. The molecule has 6 nitrogen and oxygen atoms in total. The molecule has 1 unspecified atom stereocenters. The van der Waals surface area contributed by atoms with Crippen molar-refractivity contribution in [1.29, 1.82) is 0 Å². The molecule has 0 radical (unpaired) electrons. The van der Waals surface area contributed by atoms with Crippen molar-refractivity contribution < 1.29 is 4.79 Å². The number of aliphatic imine (C=N–C) groups is 1. The van der Waals surface area contributed by atoms with Gasteiger partial charge in [-0.1, -0.05) is 13.8 Å². The fourth-order valence-electron chi connectivity index (χ4n) is 3.39. The first kappa shape index (κ1) is 20.7. The van der Waals surface area contributed by atoms with Crippen LogP contribution in [0.3, 0.4) is 0 Å². The smallest absolute Gasteiger partial charge is 0.219 e. The zero-order valence-electron chi connectivity index (χ0n) is 16.6. The van der Waals surface area contributed by atoms with Crippen LogP contribution in [-0.4, -0.2) is 78.9 Å². The highest BCUT2D eigenvalue weighted by Crippen LogP contribution is 2.23. The number of hydrogen-bond acceptors (Lipinski definition) is 4. The van der Waals surface area contributed by atoms with E-state index >= 15 is 0 Å². The Morgan fingerprint density at radius 2 is 1.88 bits per heavy atom. The lowest BCUT2D eigenvalue weighted by molar-refractivity contribution is -0.130. The van der Waals surface area contributed by atoms with Crippen molar-refractivity contribution in [3.8, 4) is 0 Å². The maximum Gasteiger partial charge on any atom is 0.219 e. The monoisotopic (exact) mass is 379 g/mol. The summed E-state index contributed by atoms with van der Waals surface area (Å²) in [5.74, 6) is 1.12. The summed E-state index contributed by atoms with van der Waals surface area (Å²) in [5.41, 5.74) is 1.35. The Morgan fingerprint density at radius 1 is 1.23 bits per heavy atom. The number of thiophene rings is 1. The van der Waals surface area contributed by atoms with Crippen LogP contribution in [-0.2, 0) is 4.79 Å². The van der Waals surface area contributed by atoms with Gasteiger partial charge < -0.3 is 15.1 Å². The van der Waals surface area contributed by atoms with Gasteiger partial charge in [-0.05, 0) is 42.4 Å². The largest absolute Gasteiger partial charge is 0.357 e. The average Bonchev–Trinajstić information content (AvgIpc) is 3.18. The van der Waals surface area contributed by atoms with E-state index in [0.29, 0.717) is 6.04 Å². The summed E-state index contributed by atoms with van der Waals surface area (Å²) < 4.78 is 0. The van der Waals surface area contributed by atoms with Crippen LogP contribution < -0.4 is 5.32 Å². The highest BCUT2D eigenvalue weighted by Gasteiger charge is 2.22. The number of rotatable bonds is 7. The third-order valence-electron chi connectivity index (χ3n) is 4.95. The van der Waals surface area contributed by atoms with Gasteiger partial charge in [-0.25, -0.2) is 0 Å². The van der Waals surface area contributed by atoms with Crippen molar-refractivity contribution in [2.24, 2.45) is 4.99 Å². The summed E-state index contributed by atoms with van der Waals surface area (Å²) >= 11 is 1.74. The van der Waals surface area contributed by atoms with Crippen LogP contribution >= 0.6 is 11.3 Å². The number of guanidine groups is 1. The second-order valence-corrected chi connectivity index (χ2v) is 7.26. The minimum Gasteiger partial charge on any atom is -0.357 e. The highest BCUT2D eigenvalue weighted by atomic mass is 32.1. The predicted octanol–water partition coefficient (Wildman–Crippen LogP) is 2.26. The van der Waals surface area contributed by atoms with Crippen LogP contribution in [0.25, 0.3) is 0 Å². The molecule has 146 valence electrons. The van der Waals surface area contributed by atoms with Gasteiger partial charge in [0.1, 0.15) is 0 Å². The van der Waals surface area contributed by atoms with Gasteiger partial charge in [-0.2, -0.15) is 11.3 Å². The molecule has 1 aromatic rings. The van der Waals surface area contributed by atoms with E-state index in [1.807, 2.05) is 4.90 Å². The van der Waals surface area contributed by atoms with Gasteiger partial charge in [-0.15, -0.1) is 0 Å². The van der Waals surface area contributed by atoms with Crippen molar-refractivity contribution in [3.05, 3.63) is 22.4 Å². The topological polar surface area (TPSA) is 51.2 Å². The molecule has 0 aromatic carbocycles. The molecule has 7 heteroatoms. The van der Waals surface area contributed by atoms with Gasteiger partial charge in [0, 0.05) is 39.6 Å². The first-order valence-corrected chi connectivity index (χ1v) is 10.6. The van der Waals surface area contributed by atoms with Crippen molar-refractivity contribution in [3.63, 3.8) is 0 Å². The van der Waals surface area contributed by atoms with Crippen LogP contribution in [0.4, 0.5) is 0 Å². The molecule has 1 atom stereocenters. The maximum atomic E-state index is 11.5. The first-order chi connectivity index (χ1) is 12.6. The maximum absolute atomic E-state index is 11.5. The molecule has 1 N–H and O–H groups in total. The van der Waals surface area contributed by atoms with Gasteiger partial charge in [0.05, 0.1) is 12.6 Å². The Hall–Kier alpha value is -1.60. The quantitative estimate of drug-likeness (QED) is 0.583. The van der Waals surface area contributed by atoms with E-state index in [-0.39, 0.29) is 5.91 Å². The fourth-order valence-corrected chi connectivity index (χ4v) is 4.10. The minimum absolute atomic E-state index is 0.158. The van der Waals surface area contributed by atoms with Gasteiger partial charge in [0.25, 0.3) is 0 Å². The molecule has 2 heterocycles. The molecule has 26 heavy (non-hydrogen) atoms. The second kappa shape index (κ2) is 10.5. The number of nitrogens with zero attached hydrogens (tertiary/aromatic N) is 4. The highest BCUT2D eigenvalue weighted by molar-refractivity contribution is 7.07. The Morgan fingerprint density at radius 3 is 2.38 bits per heavy atom. The number of carbonyl (C=O) groups excluding carboxylic acids is 1. The zero-order chi connectivity index (χ0) is 18.9. The number of likely N-dealkylation sites (N-methyl/N-ethyl adjacent to an activating group) is 1. The van der Waals surface area contributed by atoms with E-state index in [1.54, 1.807) is 18.3 Å². The van der Waals surface area contributed by atoms with Crippen molar-refractivity contribution in [2.45, 2.75) is 33.7 Å². The number of hydrogen-bond donors (Lipinski definition) is 1. The molecule has 0 bridgehead atoms. The van der Waals surface area contributed by atoms with E-state index in [0.717, 1.165) is 58.3 Å². The minimum atomic E-state index is 0.158. The number of piperazine rings is 1. The predicted molar refractivity (Wildman–Crippen MR) is 110 cm³/mol. The summed E-state index contributed by atoms with van der Waals surface area (Å²) in [4.78, 5) is 23.2. The SMILES string of the molecule is CCNC(=NCC(c1ccsc1)N(CC)CC)N1CCN(C(C)=O)CC1.